The number of aryl methyl sites for hydroxylation is 2. The molecule has 2 aromatic rings. The Labute approximate surface area is 132 Å². The summed E-state index contributed by atoms with van der Waals surface area (Å²) in [5.41, 5.74) is 0.965. The molecular formula is C13H19N5OS2. The highest BCUT2D eigenvalue weighted by Gasteiger charge is 2.07. The summed E-state index contributed by atoms with van der Waals surface area (Å²) in [5.74, 6) is 1.65. The summed E-state index contributed by atoms with van der Waals surface area (Å²) in [7, 11) is 1.82. The lowest BCUT2D eigenvalue weighted by molar-refractivity contribution is 0.252. The van der Waals surface area contributed by atoms with Gasteiger partial charge < -0.3 is 5.32 Å². The van der Waals surface area contributed by atoms with Gasteiger partial charge in [-0.15, -0.1) is 11.3 Å². The molecule has 0 spiro atoms. The van der Waals surface area contributed by atoms with E-state index in [1.54, 1.807) is 34.0 Å². The van der Waals surface area contributed by atoms with Crippen molar-refractivity contribution in [2.45, 2.75) is 24.1 Å². The normalized spacial score (nSPS) is 10.6. The fourth-order valence-corrected chi connectivity index (χ4v) is 3.34. The van der Waals surface area contributed by atoms with E-state index in [1.807, 2.05) is 25.4 Å². The van der Waals surface area contributed by atoms with Gasteiger partial charge in [0.15, 0.2) is 0 Å². The molecule has 0 fully saturated rings. The molecule has 2 rings (SSSR count). The second-order valence-corrected chi connectivity index (χ2v) is 6.62. The van der Waals surface area contributed by atoms with Crippen molar-refractivity contribution in [2.75, 3.05) is 17.6 Å². The molecule has 0 aliphatic heterocycles. The third kappa shape index (κ3) is 5.05. The summed E-state index contributed by atoms with van der Waals surface area (Å²) in [6.07, 6.45) is 3.56. The van der Waals surface area contributed by atoms with Crippen LogP contribution in [0, 0.1) is 0 Å². The highest BCUT2D eigenvalue weighted by Crippen LogP contribution is 2.20. The van der Waals surface area contributed by atoms with Gasteiger partial charge in [0.25, 0.3) is 0 Å². The molecule has 0 aromatic carbocycles. The summed E-state index contributed by atoms with van der Waals surface area (Å²) >= 11 is 3.35. The van der Waals surface area contributed by atoms with Crippen LogP contribution < -0.4 is 10.6 Å². The molecular weight excluding hydrogens is 306 g/mol. The summed E-state index contributed by atoms with van der Waals surface area (Å²) in [6.45, 7) is 2.68. The van der Waals surface area contributed by atoms with E-state index in [0.29, 0.717) is 12.4 Å². The number of thioether (sulfide) groups is 1. The van der Waals surface area contributed by atoms with E-state index < -0.39 is 0 Å². The number of urea groups is 1. The smallest absolute Gasteiger partial charge is 0.320 e. The van der Waals surface area contributed by atoms with Gasteiger partial charge in [0.05, 0.1) is 5.69 Å². The van der Waals surface area contributed by atoms with Gasteiger partial charge in [0.2, 0.25) is 0 Å². The van der Waals surface area contributed by atoms with Crippen LogP contribution in [0.4, 0.5) is 10.6 Å². The number of thiazole rings is 1. The van der Waals surface area contributed by atoms with Crippen LogP contribution >= 0.6 is 23.1 Å². The number of anilines is 1. The molecule has 0 bridgehead atoms. The van der Waals surface area contributed by atoms with Gasteiger partial charge in [-0.1, -0.05) is 18.7 Å². The lowest BCUT2D eigenvalue weighted by Crippen LogP contribution is -2.30. The third-order valence-corrected chi connectivity index (χ3v) is 4.83. The molecule has 0 unspecified atom stereocenters. The number of hydrogen-bond donors (Lipinski definition) is 2. The number of nitrogens with zero attached hydrogens (tertiary/aromatic N) is 3. The molecule has 8 heteroatoms. The molecule has 21 heavy (non-hydrogen) atoms. The van der Waals surface area contributed by atoms with Crippen LogP contribution in [0.2, 0.25) is 0 Å². The van der Waals surface area contributed by atoms with Crippen molar-refractivity contribution in [1.82, 2.24) is 20.1 Å². The lowest BCUT2D eigenvalue weighted by Gasteiger charge is -2.07. The zero-order valence-electron chi connectivity index (χ0n) is 12.1. The maximum Gasteiger partial charge on any atom is 0.320 e. The minimum Gasteiger partial charge on any atom is -0.338 e. The zero-order chi connectivity index (χ0) is 15.1. The average Bonchev–Trinajstić information content (AvgIpc) is 3.09. The van der Waals surface area contributed by atoms with Crippen LogP contribution in [0.5, 0.6) is 0 Å². The first kappa shape index (κ1) is 15.8. The van der Waals surface area contributed by atoms with Crippen molar-refractivity contribution in [1.29, 1.82) is 0 Å². The highest BCUT2D eigenvalue weighted by atomic mass is 32.2. The molecule has 0 radical (unpaired) electrons. The first-order valence-electron chi connectivity index (χ1n) is 6.79. The molecule has 114 valence electrons. The minimum atomic E-state index is -0.195. The van der Waals surface area contributed by atoms with Crippen molar-refractivity contribution >= 4 is 34.9 Å². The van der Waals surface area contributed by atoms with E-state index in [1.165, 1.54) is 0 Å². The molecule has 0 atom stereocenters. The average molecular weight is 325 g/mol. The van der Waals surface area contributed by atoms with Crippen LogP contribution in [0.3, 0.4) is 0 Å². The number of nitrogens with one attached hydrogen (secondary N) is 2. The Morgan fingerprint density at radius 1 is 1.52 bits per heavy atom. The standard InChI is InChI=1S/C13H19N5OS2/c1-3-10-9-11(18(2)17-10)16-12(19)14-5-4-7-20-13-15-6-8-21-13/h6,8-9H,3-5,7H2,1-2H3,(H2,14,16,19). The molecule has 0 aliphatic rings. The Morgan fingerprint density at radius 3 is 3.05 bits per heavy atom. The fourth-order valence-electron chi connectivity index (χ4n) is 1.69. The maximum absolute atomic E-state index is 11.8. The van der Waals surface area contributed by atoms with Crippen LogP contribution in [-0.4, -0.2) is 33.1 Å². The topological polar surface area (TPSA) is 71.8 Å². The first-order chi connectivity index (χ1) is 10.2. The summed E-state index contributed by atoms with van der Waals surface area (Å²) < 4.78 is 2.75. The Kier molecular flexibility index (Phi) is 6.06. The largest absolute Gasteiger partial charge is 0.338 e. The molecule has 2 heterocycles. The quantitative estimate of drug-likeness (QED) is 0.606. The lowest BCUT2D eigenvalue weighted by atomic mass is 10.3. The summed E-state index contributed by atoms with van der Waals surface area (Å²) in [5, 5.41) is 11.9. The van der Waals surface area contributed by atoms with E-state index in [4.69, 9.17) is 0 Å². The number of amides is 2. The Morgan fingerprint density at radius 2 is 2.38 bits per heavy atom. The number of carbonyl (C=O) groups is 1. The van der Waals surface area contributed by atoms with Crippen molar-refractivity contribution in [3.8, 4) is 0 Å². The molecule has 0 aliphatic carbocycles. The number of carbonyl (C=O) groups excluding carboxylic acids is 1. The molecule has 0 saturated heterocycles. The Hall–Kier alpha value is -1.54. The second-order valence-electron chi connectivity index (χ2n) is 4.38. The molecule has 6 nitrogen and oxygen atoms in total. The third-order valence-electron chi connectivity index (χ3n) is 2.78. The van der Waals surface area contributed by atoms with Gasteiger partial charge in [-0.05, 0) is 12.8 Å². The monoisotopic (exact) mass is 325 g/mol. The van der Waals surface area contributed by atoms with Crippen molar-refractivity contribution in [3.63, 3.8) is 0 Å². The van der Waals surface area contributed by atoms with Gasteiger partial charge in [0.1, 0.15) is 10.2 Å². The molecule has 2 aromatic heterocycles. The molecule has 2 N–H and O–H groups in total. The first-order valence-corrected chi connectivity index (χ1v) is 8.65. The Bertz CT molecular complexity index is 567. The van der Waals surface area contributed by atoms with Crippen LogP contribution in [0.1, 0.15) is 19.0 Å². The predicted octanol–water partition coefficient (Wildman–Crippen LogP) is 2.74. The van der Waals surface area contributed by atoms with Gasteiger partial charge in [0, 0.05) is 37.0 Å². The summed E-state index contributed by atoms with van der Waals surface area (Å²) in [6, 6.07) is 1.69. The molecule has 0 saturated carbocycles. The number of aromatic nitrogens is 3. The minimum absolute atomic E-state index is 0.195. The SMILES string of the molecule is CCc1cc(NC(=O)NCCCSc2nccs2)n(C)n1. The van der Waals surface area contributed by atoms with E-state index in [0.717, 1.165) is 28.6 Å². The van der Waals surface area contributed by atoms with Crippen molar-refractivity contribution in [3.05, 3.63) is 23.3 Å². The predicted molar refractivity (Wildman–Crippen MR) is 87.1 cm³/mol. The van der Waals surface area contributed by atoms with Gasteiger partial charge in [-0.25, -0.2) is 9.78 Å². The van der Waals surface area contributed by atoms with Crippen LogP contribution in [0.25, 0.3) is 0 Å². The van der Waals surface area contributed by atoms with Crippen LogP contribution in [-0.2, 0) is 13.5 Å². The Balaban J connectivity index is 1.64. The van der Waals surface area contributed by atoms with E-state index >= 15 is 0 Å². The highest BCUT2D eigenvalue weighted by molar-refractivity contribution is 8.00. The van der Waals surface area contributed by atoms with Crippen molar-refractivity contribution < 1.29 is 4.79 Å². The zero-order valence-corrected chi connectivity index (χ0v) is 13.8. The van der Waals surface area contributed by atoms with E-state index in [9.17, 15) is 4.79 Å². The fraction of sp³-hybridized carbons (Fsp3) is 0.462. The number of rotatable bonds is 7. The van der Waals surface area contributed by atoms with E-state index in [-0.39, 0.29) is 6.03 Å². The number of hydrogen-bond acceptors (Lipinski definition) is 5. The van der Waals surface area contributed by atoms with Gasteiger partial charge in [-0.2, -0.15) is 5.10 Å². The maximum atomic E-state index is 11.8. The van der Waals surface area contributed by atoms with Crippen LogP contribution in [0.15, 0.2) is 22.0 Å². The molecule has 2 amide bonds. The van der Waals surface area contributed by atoms with Gasteiger partial charge >= 0.3 is 6.03 Å². The van der Waals surface area contributed by atoms with Gasteiger partial charge in [-0.3, -0.25) is 10.00 Å². The van der Waals surface area contributed by atoms with Crippen molar-refractivity contribution in [2.24, 2.45) is 7.05 Å². The second kappa shape index (κ2) is 8.04. The summed E-state index contributed by atoms with van der Waals surface area (Å²) in [4.78, 5) is 16.0. The van der Waals surface area contributed by atoms with E-state index in [2.05, 4.69) is 20.7 Å².